The molecule has 1 aliphatic carbocycles. The third-order valence-electron chi connectivity index (χ3n) is 5.55. The highest BCUT2D eigenvalue weighted by atomic mass is 35.5. The van der Waals surface area contributed by atoms with Crippen LogP contribution in [-0.4, -0.2) is 17.4 Å². The molecule has 3 nitrogen and oxygen atoms in total. The SMILES string of the molecule is CCN(C(=O)c1ccc2c(Cl)c3c(nc2c1)CCC3)c1ccc(C)c(C)c1. The molecule has 0 aliphatic heterocycles. The van der Waals surface area contributed by atoms with E-state index in [0.717, 1.165) is 46.6 Å². The van der Waals surface area contributed by atoms with Crippen LogP contribution in [0.3, 0.4) is 0 Å². The summed E-state index contributed by atoms with van der Waals surface area (Å²) in [6.07, 6.45) is 3.06. The monoisotopic (exact) mass is 378 g/mol. The van der Waals surface area contributed by atoms with E-state index in [-0.39, 0.29) is 5.91 Å². The van der Waals surface area contributed by atoms with E-state index in [1.165, 1.54) is 16.7 Å². The van der Waals surface area contributed by atoms with E-state index < -0.39 is 0 Å². The Bertz CT molecular complexity index is 1060. The molecule has 0 unspecified atom stereocenters. The molecule has 0 fully saturated rings. The number of rotatable bonds is 3. The number of benzene rings is 2. The molecule has 3 aromatic rings. The lowest BCUT2D eigenvalue weighted by atomic mass is 10.1. The number of carbonyl (C=O) groups is 1. The van der Waals surface area contributed by atoms with Gasteiger partial charge in [0.1, 0.15) is 0 Å². The van der Waals surface area contributed by atoms with Gasteiger partial charge < -0.3 is 4.90 Å². The van der Waals surface area contributed by atoms with Crippen LogP contribution in [0.2, 0.25) is 5.02 Å². The van der Waals surface area contributed by atoms with Gasteiger partial charge in [0.2, 0.25) is 0 Å². The van der Waals surface area contributed by atoms with E-state index in [1.54, 1.807) is 0 Å². The van der Waals surface area contributed by atoms with Gasteiger partial charge in [0.05, 0.1) is 10.5 Å². The van der Waals surface area contributed by atoms with Crippen LogP contribution < -0.4 is 4.90 Å². The zero-order valence-corrected chi connectivity index (χ0v) is 16.7. The minimum absolute atomic E-state index is 0.0129. The van der Waals surface area contributed by atoms with Crippen LogP contribution in [-0.2, 0) is 12.8 Å². The lowest BCUT2D eigenvalue weighted by Gasteiger charge is -2.22. The predicted molar refractivity (Wildman–Crippen MR) is 112 cm³/mol. The van der Waals surface area contributed by atoms with Gasteiger partial charge in [-0.2, -0.15) is 0 Å². The fourth-order valence-corrected chi connectivity index (χ4v) is 4.19. The number of carbonyl (C=O) groups excluding carboxylic acids is 1. The van der Waals surface area contributed by atoms with Crippen LogP contribution in [0.4, 0.5) is 5.69 Å². The van der Waals surface area contributed by atoms with Crippen molar-refractivity contribution in [3.63, 3.8) is 0 Å². The van der Waals surface area contributed by atoms with Crippen molar-refractivity contribution >= 4 is 34.1 Å². The molecule has 1 aliphatic rings. The Morgan fingerprint density at radius 1 is 1.11 bits per heavy atom. The normalized spacial score (nSPS) is 13.0. The predicted octanol–water partition coefficient (Wildman–Crippen LogP) is 5.66. The Hall–Kier alpha value is -2.39. The lowest BCUT2D eigenvalue weighted by Crippen LogP contribution is -2.30. The summed E-state index contributed by atoms with van der Waals surface area (Å²) in [7, 11) is 0. The zero-order chi connectivity index (χ0) is 19.1. The number of halogens is 1. The number of hydrogen-bond donors (Lipinski definition) is 0. The summed E-state index contributed by atoms with van der Waals surface area (Å²) in [5, 5.41) is 1.73. The maximum Gasteiger partial charge on any atom is 0.258 e. The van der Waals surface area contributed by atoms with Crippen LogP contribution >= 0.6 is 11.6 Å². The summed E-state index contributed by atoms with van der Waals surface area (Å²) in [5.41, 5.74) is 7.03. The number of fused-ring (bicyclic) bond motifs is 2. The first-order valence-corrected chi connectivity index (χ1v) is 9.87. The second kappa shape index (κ2) is 6.97. The number of hydrogen-bond acceptors (Lipinski definition) is 2. The first-order valence-electron chi connectivity index (χ1n) is 9.49. The third-order valence-corrected chi connectivity index (χ3v) is 5.99. The second-order valence-electron chi connectivity index (χ2n) is 7.25. The Morgan fingerprint density at radius 2 is 1.93 bits per heavy atom. The van der Waals surface area contributed by atoms with Crippen molar-refractivity contribution < 1.29 is 4.79 Å². The first kappa shape index (κ1) is 18.0. The summed E-state index contributed by atoms with van der Waals surface area (Å²) >= 11 is 6.60. The Balaban J connectivity index is 1.75. The van der Waals surface area contributed by atoms with Crippen molar-refractivity contribution in [2.75, 3.05) is 11.4 Å². The van der Waals surface area contributed by atoms with Crippen LogP contribution in [0.25, 0.3) is 10.9 Å². The van der Waals surface area contributed by atoms with E-state index >= 15 is 0 Å². The van der Waals surface area contributed by atoms with Crippen molar-refractivity contribution in [2.24, 2.45) is 0 Å². The molecule has 138 valence electrons. The minimum Gasteiger partial charge on any atom is -0.309 e. The van der Waals surface area contributed by atoms with Gasteiger partial charge in [-0.3, -0.25) is 9.78 Å². The number of amides is 1. The molecule has 0 N–H and O–H groups in total. The zero-order valence-electron chi connectivity index (χ0n) is 16.0. The van der Waals surface area contributed by atoms with Gasteiger partial charge in [-0.1, -0.05) is 23.7 Å². The van der Waals surface area contributed by atoms with Crippen LogP contribution in [0, 0.1) is 13.8 Å². The Kier molecular flexibility index (Phi) is 4.65. The minimum atomic E-state index is -0.0129. The van der Waals surface area contributed by atoms with Gasteiger partial charge >= 0.3 is 0 Å². The van der Waals surface area contributed by atoms with Crippen LogP contribution in [0.15, 0.2) is 36.4 Å². The van der Waals surface area contributed by atoms with Crippen LogP contribution in [0.5, 0.6) is 0 Å². The fourth-order valence-electron chi connectivity index (χ4n) is 3.83. The van der Waals surface area contributed by atoms with E-state index in [0.29, 0.717) is 12.1 Å². The number of anilines is 1. The van der Waals surface area contributed by atoms with Crippen molar-refractivity contribution in [1.82, 2.24) is 4.98 Å². The lowest BCUT2D eigenvalue weighted by molar-refractivity contribution is 0.0988. The van der Waals surface area contributed by atoms with E-state index in [2.05, 4.69) is 26.0 Å². The molecule has 27 heavy (non-hydrogen) atoms. The number of aryl methyl sites for hydroxylation is 3. The Morgan fingerprint density at radius 3 is 2.67 bits per heavy atom. The molecule has 1 heterocycles. The molecule has 0 bridgehead atoms. The molecule has 0 saturated heterocycles. The van der Waals surface area contributed by atoms with Crippen LogP contribution in [0.1, 0.15) is 46.1 Å². The Labute approximate surface area is 165 Å². The number of aromatic nitrogens is 1. The summed E-state index contributed by atoms with van der Waals surface area (Å²) in [6, 6.07) is 11.8. The van der Waals surface area contributed by atoms with Crippen molar-refractivity contribution in [3.05, 3.63) is 69.4 Å². The maximum absolute atomic E-state index is 13.2. The highest BCUT2D eigenvalue weighted by Crippen LogP contribution is 2.34. The molecule has 4 rings (SSSR count). The molecule has 2 aromatic carbocycles. The molecule has 1 amide bonds. The van der Waals surface area contributed by atoms with Gasteiger partial charge in [-0.05, 0) is 81.0 Å². The van der Waals surface area contributed by atoms with Gasteiger partial charge in [0, 0.05) is 28.9 Å². The van der Waals surface area contributed by atoms with Gasteiger partial charge in [-0.15, -0.1) is 0 Å². The highest BCUT2D eigenvalue weighted by Gasteiger charge is 2.21. The molecule has 0 spiro atoms. The molecular weight excluding hydrogens is 356 g/mol. The maximum atomic E-state index is 13.2. The van der Waals surface area contributed by atoms with Gasteiger partial charge in [-0.25, -0.2) is 0 Å². The van der Waals surface area contributed by atoms with E-state index in [9.17, 15) is 4.79 Å². The number of nitrogens with zero attached hydrogens (tertiary/aromatic N) is 2. The second-order valence-corrected chi connectivity index (χ2v) is 7.63. The van der Waals surface area contributed by atoms with Gasteiger partial charge in [0.25, 0.3) is 5.91 Å². The standard InChI is InChI=1S/C23H23ClN2O/c1-4-26(17-10-8-14(2)15(3)12-17)23(27)16-9-11-19-21(13-16)25-20-7-5-6-18(20)22(19)24/h8-13H,4-7H2,1-3H3. The molecule has 1 aromatic heterocycles. The molecular formula is C23H23ClN2O. The van der Waals surface area contributed by atoms with Crippen molar-refractivity contribution in [2.45, 2.75) is 40.0 Å². The fraction of sp³-hybridized carbons (Fsp3) is 0.304. The average molecular weight is 379 g/mol. The van der Waals surface area contributed by atoms with E-state index in [1.807, 2.05) is 36.1 Å². The summed E-state index contributed by atoms with van der Waals surface area (Å²) < 4.78 is 0. The average Bonchev–Trinajstić information content (AvgIpc) is 3.13. The van der Waals surface area contributed by atoms with Crippen molar-refractivity contribution in [3.8, 4) is 0 Å². The van der Waals surface area contributed by atoms with E-state index in [4.69, 9.17) is 16.6 Å². The molecule has 0 atom stereocenters. The third kappa shape index (κ3) is 3.10. The molecule has 4 heteroatoms. The van der Waals surface area contributed by atoms with Gasteiger partial charge in [0.15, 0.2) is 0 Å². The molecule has 0 saturated carbocycles. The quantitative estimate of drug-likeness (QED) is 0.589. The summed E-state index contributed by atoms with van der Waals surface area (Å²) in [6.45, 7) is 6.75. The van der Waals surface area contributed by atoms with Crippen molar-refractivity contribution in [1.29, 1.82) is 0 Å². The number of pyridine rings is 1. The largest absolute Gasteiger partial charge is 0.309 e. The smallest absolute Gasteiger partial charge is 0.258 e. The first-order chi connectivity index (χ1) is 13.0. The summed E-state index contributed by atoms with van der Waals surface area (Å²) in [4.78, 5) is 19.8. The highest BCUT2D eigenvalue weighted by molar-refractivity contribution is 6.36. The summed E-state index contributed by atoms with van der Waals surface area (Å²) in [5.74, 6) is -0.0129. The topological polar surface area (TPSA) is 33.2 Å². The molecule has 0 radical (unpaired) electrons.